The van der Waals surface area contributed by atoms with Gasteiger partial charge in [-0.1, -0.05) is 0 Å². The van der Waals surface area contributed by atoms with E-state index >= 15 is 0 Å². The molecule has 1 aliphatic heterocycles. The van der Waals surface area contributed by atoms with Crippen LogP contribution in [0.1, 0.15) is 16.8 Å². The highest BCUT2D eigenvalue weighted by atomic mass is 19.4. The molecule has 2 heterocycles. The van der Waals surface area contributed by atoms with E-state index in [1.807, 2.05) is 0 Å². The summed E-state index contributed by atoms with van der Waals surface area (Å²) in [6, 6.07) is 1.26. The summed E-state index contributed by atoms with van der Waals surface area (Å²) in [4.78, 5) is 11.9. The third-order valence-corrected chi connectivity index (χ3v) is 2.92. The van der Waals surface area contributed by atoms with Crippen LogP contribution in [0.15, 0.2) is 23.0 Å². The maximum Gasteiger partial charge on any atom is 0.402 e. The Morgan fingerprint density at radius 2 is 2.25 bits per heavy atom. The third-order valence-electron chi connectivity index (χ3n) is 2.92. The molecule has 0 saturated carbocycles. The first-order valence-corrected chi connectivity index (χ1v) is 4.82. The average molecular weight is 233 g/mol. The molecule has 1 saturated heterocycles. The van der Waals surface area contributed by atoms with Crippen molar-refractivity contribution in [1.82, 2.24) is 5.32 Å². The normalized spacial score (nSPS) is 25.9. The molecule has 1 aromatic heterocycles. The molecule has 1 aliphatic rings. The van der Waals surface area contributed by atoms with Crippen molar-refractivity contribution in [2.24, 2.45) is 5.41 Å². The van der Waals surface area contributed by atoms with Gasteiger partial charge in [0, 0.05) is 6.54 Å². The summed E-state index contributed by atoms with van der Waals surface area (Å²) >= 11 is 0. The van der Waals surface area contributed by atoms with Crippen LogP contribution in [0, 0.1) is 5.41 Å². The summed E-state index contributed by atoms with van der Waals surface area (Å²) in [6.45, 7) is -0.163. The first-order valence-electron chi connectivity index (χ1n) is 4.82. The Morgan fingerprint density at radius 1 is 1.50 bits per heavy atom. The molecule has 6 heteroatoms. The van der Waals surface area contributed by atoms with Crippen LogP contribution in [-0.4, -0.2) is 25.0 Å². The molecular weight excluding hydrogens is 223 g/mol. The number of halogens is 3. The van der Waals surface area contributed by atoms with Crippen LogP contribution in [0.3, 0.4) is 0 Å². The van der Waals surface area contributed by atoms with Gasteiger partial charge < -0.3 is 9.73 Å². The number of rotatable bonds is 2. The van der Waals surface area contributed by atoms with E-state index in [9.17, 15) is 18.0 Å². The zero-order chi connectivity index (χ0) is 11.8. The van der Waals surface area contributed by atoms with Gasteiger partial charge in [-0.2, -0.15) is 13.2 Å². The van der Waals surface area contributed by atoms with Crippen molar-refractivity contribution in [2.75, 3.05) is 13.1 Å². The smallest absolute Gasteiger partial charge is 0.402 e. The van der Waals surface area contributed by atoms with Crippen LogP contribution in [-0.2, 0) is 0 Å². The highest BCUT2D eigenvalue weighted by Gasteiger charge is 2.61. The molecule has 0 aliphatic carbocycles. The van der Waals surface area contributed by atoms with Crippen molar-refractivity contribution >= 4 is 5.78 Å². The van der Waals surface area contributed by atoms with Gasteiger partial charge in [0.15, 0.2) is 5.78 Å². The maximum absolute atomic E-state index is 13.0. The van der Waals surface area contributed by atoms with Gasteiger partial charge in [0.25, 0.3) is 0 Å². The van der Waals surface area contributed by atoms with E-state index in [1.54, 1.807) is 0 Å². The Bertz CT molecular complexity index is 377. The van der Waals surface area contributed by atoms with Gasteiger partial charge >= 0.3 is 6.18 Å². The van der Waals surface area contributed by atoms with Gasteiger partial charge in [-0.15, -0.1) is 0 Å². The van der Waals surface area contributed by atoms with Crippen molar-refractivity contribution in [2.45, 2.75) is 12.6 Å². The SMILES string of the molecule is O=C(c1ccoc1)C1(C(F)(F)F)CCNC1. The summed E-state index contributed by atoms with van der Waals surface area (Å²) in [7, 11) is 0. The van der Waals surface area contributed by atoms with E-state index < -0.39 is 17.4 Å². The lowest BCUT2D eigenvalue weighted by molar-refractivity contribution is -0.197. The van der Waals surface area contributed by atoms with Crippen LogP contribution < -0.4 is 5.32 Å². The quantitative estimate of drug-likeness (QED) is 0.794. The minimum Gasteiger partial charge on any atom is -0.472 e. The second-order valence-electron chi connectivity index (χ2n) is 3.85. The molecule has 2 rings (SSSR count). The Morgan fingerprint density at radius 3 is 2.69 bits per heavy atom. The van der Waals surface area contributed by atoms with Crippen molar-refractivity contribution in [3.05, 3.63) is 24.2 Å². The number of nitrogens with one attached hydrogen (secondary N) is 1. The fraction of sp³-hybridized carbons (Fsp3) is 0.500. The van der Waals surface area contributed by atoms with Gasteiger partial charge in [-0.05, 0) is 19.0 Å². The number of Topliss-reactive ketones (excluding diaryl/α,β-unsaturated/α-hetero) is 1. The first kappa shape index (κ1) is 11.2. The number of carbonyl (C=O) groups is 1. The molecule has 0 amide bonds. The second kappa shape index (κ2) is 3.62. The molecule has 1 N–H and O–H groups in total. The monoisotopic (exact) mass is 233 g/mol. The molecule has 0 bridgehead atoms. The number of hydrogen-bond acceptors (Lipinski definition) is 3. The third kappa shape index (κ3) is 1.53. The predicted molar refractivity (Wildman–Crippen MR) is 49.0 cm³/mol. The number of carbonyl (C=O) groups excluding carboxylic acids is 1. The molecule has 16 heavy (non-hydrogen) atoms. The molecule has 88 valence electrons. The number of hydrogen-bond donors (Lipinski definition) is 1. The maximum atomic E-state index is 13.0. The van der Waals surface area contributed by atoms with E-state index in [-0.39, 0.29) is 25.1 Å². The van der Waals surface area contributed by atoms with Crippen LogP contribution in [0.2, 0.25) is 0 Å². The molecule has 3 nitrogen and oxygen atoms in total. The molecule has 0 aromatic carbocycles. The van der Waals surface area contributed by atoms with Crippen molar-refractivity contribution in [3.63, 3.8) is 0 Å². The minimum atomic E-state index is -4.54. The Labute approximate surface area is 89.6 Å². The van der Waals surface area contributed by atoms with E-state index in [4.69, 9.17) is 0 Å². The summed E-state index contributed by atoms with van der Waals surface area (Å²) in [6.07, 6.45) is -2.51. The number of alkyl halides is 3. The Balaban J connectivity index is 2.38. The van der Waals surface area contributed by atoms with Crippen LogP contribution in [0.4, 0.5) is 13.2 Å². The average Bonchev–Trinajstić information content (AvgIpc) is 2.88. The molecule has 0 radical (unpaired) electrons. The van der Waals surface area contributed by atoms with Gasteiger partial charge in [-0.25, -0.2) is 0 Å². The minimum absolute atomic E-state index is 0.0268. The zero-order valence-corrected chi connectivity index (χ0v) is 8.30. The van der Waals surface area contributed by atoms with Crippen molar-refractivity contribution < 1.29 is 22.4 Å². The fourth-order valence-corrected chi connectivity index (χ4v) is 1.93. The lowest BCUT2D eigenvalue weighted by atomic mass is 9.79. The van der Waals surface area contributed by atoms with E-state index in [0.29, 0.717) is 0 Å². The van der Waals surface area contributed by atoms with E-state index in [2.05, 4.69) is 9.73 Å². The number of furan rings is 1. The predicted octanol–water partition coefficient (Wildman–Crippen LogP) is 2.00. The van der Waals surface area contributed by atoms with Gasteiger partial charge in [-0.3, -0.25) is 4.79 Å². The number of ketones is 1. The van der Waals surface area contributed by atoms with E-state index in [0.717, 1.165) is 6.26 Å². The van der Waals surface area contributed by atoms with Crippen LogP contribution >= 0.6 is 0 Å². The zero-order valence-electron chi connectivity index (χ0n) is 8.30. The first-order chi connectivity index (χ1) is 7.47. The molecule has 1 atom stereocenters. The highest BCUT2D eigenvalue weighted by molar-refractivity contribution is 6.01. The lowest BCUT2D eigenvalue weighted by Crippen LogP contribution is -2.46. The Kier molecular flexibility index (Phi) is 2.53. The van der Waals surface area contributed by atoms with Gasteiger partial charge in [0.2, 0.25) is 0 Å². The summed E-state index contributed by atoms with van der Waals surface area (Å²) in [5, 5.41) is 2.59. The van der Waals surface area contributed by atoms with Gasteiger partial charge in [0.1, 0.15) is 11.7 Å². The molecule has 1 fully saturated rings. The van der Waals surface area contributed by atoms with Crippen molar-refractivity contribution in [1.29, 1.82) is 0 Å². The fourth-order valence-electron chi connectivity index (χ4n) is 1.93. The van der Waals surface area contributed by atoms with Crippen LogP contribution in [0.5, 0.6) is 0 Å². The topological polar surface area (TPSA) is 42.2 Å². The van der Waals surface area contributed by atoms with E-state index in [1.165, 1.54) is 12.3 Å². The summed E-state index contributed by atoms with van der Waals surface area (Å²) in [5.41, 5.74) is -2.32. The van der Waals surface area contributed by atoms with Crippen LogP contribution in [0.25, 0.3) is 0 Å². The standard InChI is InChI=1S/C10H10F3NO2/c11-10(12,13)9(2-3-14-6-9)8(15)7-1-4-16-5-7/h1,4-5,14H,2-3,6H2. The second-order valence-corrected chi connectivity index (χ2v) is 3.85. The lowest BCUT2D eigenvalue weighted by Gasteiger charge is -2.28. The largest absolute Gasteiger partial charge is 0.472 e. The molecular formula is C10H10F3NO2. The molecule has 1 unspecified atom stereocenters. The summed E-state index contributed by atoms with van der Waals surface area (Å²) in [5.74, 6) is -0.918. The molecule has 1 aromatic rings. The highest BCUT2D eigenvalue weighted by Crippen LogP contribution is 2.45. The summed E-state index contributed by atoms with van der Waals surface area (Å²) < 4.78 is 43.5. The van der Waals surface area contributed by atoms with Gasteiger partial charge in [0.05, 0.1) is 11.8 Å². The Hall–Kier alpha value is -1.30. The molecule has 0 spiro atoms. The van der Waals surface area contributed by atoms with Crippen molar-refractivity contribution in [3.8, 4) is 0 Å².